The summed E-state index contributed by atoms with van der Waals surface area (Å²) in [6.45, 7) is 10.3. The van der Waals surface area contributed by atoms with Crippen LogP contribution in [-0.2, 0) is 21.5 Å². The van der Waals surface area contributed by atoms with Gasteiger partial charge in [0, 0.05) is 13.1 Å². The highest BCUT2D eigenvalue weighted by Gasteiger charge is 2.26. The van der Waals surface area contributed by atoms with Crippen molar-refractivity contribution in [3.05, 3.63) is 65.5 Å². The highest BCUT2D eigenvalue weighted by atomic mass is 19.1. The molecule has 0 radical (unpaired) electrons. The van der Waals surface area contributed by atoms with Crippen LogP contribution < -0.4 is 10.1 Å². The fourth-order valence-corrected chi connectivity index (χ4v) is 2.97. The fourth-order valence-electron chi connectivity index (χ4n) is 2.97. The smallest absolute Gasteiger partial charge is 0.261 e. The van der Waals surface area contributed by atoms with E-state index in [9.17, 15) is 14.0 Å². The minimum Gasteiger partial charge on any atom is -0.484 e. The molecule has 2 amide bonds. The number of ether oxygens (including phenoxy) is 1. The van der Waals surface area contributed by atoms with E-state index in [1.165, 1.54) is 22.6 Å². The molecule has 2 aromatic carbocycles. The number of benzene rings is 2. The Morgan fingerprint density at radius 1 is 1.07 bits per heavy atom. The van der Waals surface area contributed by atoms with E-state index < -0.39 is 6.04 Å². The van der Waals surface area contributed by atoms with Gasteiger partial charge >= 0.3 is 0 Å². The Morgan fingerprint density at radius 3 is 2.20 bits per heavy atom. The Morgan fingerprint density at radius 2 is 1.67 bits per heavy atom. The molecule has 1 N–H and O–H groups in total. The van der Waals surface area contributed by atoms with Crippen molar-refractivity contribution in [2.45, 2.75) is 52.6 Å². The van der Waals surface area contributed by atoms with Crippen LogP contribution >= 0.6 is 0 Å². The van der Waals surface area contributed by atoms with Crippen molar-refractivity contribution >= 4 is 11.8 Å². The molecule has 30 heavy (non-hydrogen) atoms. The molecule has 0 bridgehead atoms. The summed E-state index contributed by atoms with van der Waals surface area (Å²) < 4.78 is 18.9. The van der Waals surface area contributed by atoms with Gasteiger partial charge in [-0.15, -0.1) is 0 Å². The number of carbonyl (C=O) groups excluding carboxylic acids is 2. The van der Waals surface area contributed by atoms with Gasteiger partial charge in [0.2, 0.25) is 5.91 Å². The fraction of sp³-hybridized carbons (Fsp3) is 0.417. The maximum absolute atomic E-state index is 13.2. The molecule has 6 heteroatoms. The third-order valence-electron chi connectivity index (χ3n) is 4.87. The third-order valence-corrected chi connectivity index (χ3v) is 4.87. The van der Waals surface area contributed by atoms with Gasteiger partial charge in [-0.2, -0.15) is 0 Å². The largest absolute Gasteiger partial charge is 0.484 e. The van der Waals surface area contributed by atoms with Crippen LogP contribution in [0.15, 0.2) is 48.5 Å². The first-order valence-electron chi connectivity index (χ1n) is 10.2. The summed E-state index contributed by atoms with van der Waals surface area (Å²) in [5, 5.41) is 2.74. The molecule has 0 aliphatic carbocycles. The number of hydrogen-bond acceptors (Lipinski definition) is 3. The van der Waals surface area contributed by atoms with Crippen molar-refractivity contribution in [2.24, 2.45) is 0 Å². The van der Waals surface area contributed by atoms with Crippen LogP contribution in [0.2, 0.25) is 0 Å². The normalized spacial score (nSPS) is 12.2. The molecule has 5 nitrogen and oxygen atoms in total. The van der Waals surface area contributed by atoms with E-state index in [-0.39, 0.29) is 36.2 Å². The summed E-state index contributed by atoms with van der Waals surface area (Å²) in [5.74, 6) is -0.334. The molecule has 0 aliphatic rings. The number of hydrogen-bond donors (Lipinski definition) is 1. The number of nitrogens with zero attached hydrogens (tertiary/aromatic N) is 1. The number of amides is 2. The zero-order valence-electron chi connectivity index (χ0n) is 18.4. The summed E-state index contributed by atoms with van der Waals surface area (Å²) in [5.41, 5.74) is 1.93. The maximum Gasteiger partial charge on any atom is 0.261 e. The summed E-state index contributed by atoms with van der Waals surface area (Å²) in [6.07, 6.45) is 0. The Labute approximate surface area is 178 Å². The molecule has 0 fully saturated rings. The van der Waals surface area contributed by atoms with E-state index in [0.717, 1.165) is 5.56 Å². The van der Waals surface area contributed by atoms with Gasteiger partial charge in [-0.05, 0) is 54.7 Å². The van der Waals surface area contributed by atoms with Gasteiger partial charge < -0.3 is 15.0 Å². The first kappa shape index (κ1) is 23.4. The second-order valence-electron chi connectivity index (χ2n) is 8.28. The van der Waals surface area contributed by atoms with E-state index in [1.807, 2.05) is 31.2 Å². The molecule has 1 atom stereocenters. The van der Waals surface area contributed by atoms with E-state index in [0.29, 0.717) is 12.3 Å². The number of rotatable bonds is 8. The Bertz CT molecular complexity index is 842. The highest BCUT2D eigenvalue weighted by molar-refractivity contribution is 5.87. The third kappa shape index (κ3) is 6.58. The number of likely N-dealkylation sites (N-methyl/N-ethyl adjacent to an activating group) is 1. The van der Waals surface area contributed by atoms with E-state index in [1.54, 1.807) is 19.1 Å². The van der Waals surface area contributed by atoms with Crippen LogP contribution in [0.4, 0.5) is 4.39 Å². The molecular weight excluding hydrogens is 383 g/mol. The first-order valence-corrected chi connectivity index (χ1v) is 10.2. The lowest BCUT2D eigenvalue weighted by molar-refractivity contribution is -0.142. The molecule has 0 unspecified atom stereocenters. The summed E-state index contributed by atoms with van der Waals surface area (Å²) >= 11 is 0. The Kier molecular flexibility index (Phi) is 7.98. The van der Waals surface area contributed by atoms with E-state index in [4.69, 9.17) is 4.74 Å². The van der Waals surface area contributed by atoms with Crippen LogP contribution in [0.25, 0.3) is 0 Å². The van der Waals surface area contributed by atoms with Gasteiger partial charge in [0.15, 0.2) is 6.61 Å². The van der Waals surface area contributed by atoms with Crippen molar-refractivity contribution in [3.8, 4) is 5.75 Å². The highest BCUT2D eigenvalue weighted by Crippen LogP contribution is 2.24. The minimum absolute atomic E-state index is 0.0301. The SMILES string of the molecule is CCNC(=O)[C@H](C)N(Cc1ccc(F)cc1)C(=O)COc1ccc(C(C)(C)C)cc1. The van der Waals surface area contributed by atoms with Gasteiger partial charge in [-0.3, -0.25) is 9.59 Å². The lowest BCUT2D eigenvalue weighted by atomic mass is 9.87. The second-order valence-corrected chi connectivity index (χ2v) is 8.28. The molecule has 2 aromatic rings. The molecular formula is C24H31FN2O3. The molecule has 0 aliphatic heterocycles. The van der Waals surface area contributed by atoms with Gasteiger partial charge in [-0.25, -0.2) is 4.39 Å². The van der Waals surface area contributed by atoms with Gasteiger partial charge in [0.05, 0.1) is 0 Å². The van der Waals surface area contributed by atoms with E-state index in [2.05, 4.69) is 26.1 Å². The zero-order chi connectivity index (χ0) is 22.3. The van der Waals surface area contributed by atoms with Crippen molar-refractivity contribution in [2.75, 3.05) is 13.2 Å². The second kappa shape index (κ2) is 10.2. The van der Waals surface area contributed by atoms with Crippen molar-refractivity contribution in [3.63, 3.8) is 0 Å². The van der Waals surface area contributed by atoms with Crippen molar-refractivity contribution in [1.82, 2.24) is 10.2 Å². The molecule has 0 aromatic heterocycles. The predicted molar refractivity (Wildman–Crippen MR) is 116 cm³/mol. The zero-order valence-corrected chi connectivity index (χ0v) is 18.4. The molecule has 0 saturated heterocycles. The predicted octanol–water partition coefficient (Wildman–Crippen LogP) is 4.06. The number of halogens is 1. The summed E-state index contributed by atoms with van der Waals surface area (Å²) in [6, 6.07) is 12.8. The Hall–Kier alpha value is -2.89. The molecule has 162 valence electrons. The van der Waals surface area contributed by atoms with Gasteiger partial charge in [0.1, 0.15) is 17.6 Å². The summed E-state index contributed by atoms with van der Waals surface area (Å²) in [7, 11) is 0. The van der Waals surface area contributed by atoms with Crippen molar-refractivity contribution < 1.29 is 18.7 Å². The maximum atomic E-state index is 13.2. The monoisotopic (exact) mass is 414 g/mol. The minimum atomic E-state index is -0.686. The molecule has 0 saturated carbocycles. The first-order chi connectivity index (χ1) is 14.1. The standard InChI is InChI=1S/C24H31FN2O3/c1-6-26-23(29)17(2)27(15-18-7-11-20(25)12-8-18)22(28)16-30-21-13-9-19(10-14-21)24(3,4)5/h7-14,17H,6,15-16H2,1-5H3,(H,26,29)/t17-/m0/s1. The Balaban J connectivity index is 2.11. The molecule has 2 rings (SSSR count). The van der Waals surface area contributed by atoms with Crippen LogP contribution in [0.1, 0.15) is 45.7 Å². The van der Waals surface area contributed by atoms with Crippen LogP contribution in [-0.4, -0.2) is 35.9 Å². The number of carbonyl (C=O) groups is 2. The van der Waals surface area contributed by atoms with E-state index >= 15 is 0 Å². The lowest BCUT2D eigenvalue weighted by Crippen LogP contribution is -2.49. The number of nitrogens with one attached hydrogen (secondary N) is 1. The average Bonchev–Trinajstić information content (AvgIpc) is 2.71. The quantitative estimate of drug-likeness (QED) is 0.709. The van der Waals surface area contributed by atoms with Gasteiger partial charge in [-0.1, -0.05) is 45.0 Å². The molecule has 0 heterocycles. The average molecular weight is 415 g/mol. The van der Waals surface area contributed by atoms with Gasteiger partial charge in [0.25, 0.3) is 5.91 Å². The van der Waals surface area contributed by atoms with Crippen LogP contribution in [0, 0.1) is 5.82 Å². The van der Waals surface area contributed by atoms with Crippen LogP contribution in [0.3, 0.4) is 0 Å². The lowest BCUT2D eigenvalue weighted by Gasteiger charge is -2.28. The van der Waals surface area contributed by atoms with Crippen LogP contribution in [0.5, 0.6) is 5.75 Å². The summed E-state index contributed by atoms with van der Waals surface area (Å²) in [4.78, 5) is 26.7. The van der Waals surface area contributed by atoms with Crippen molar-refractivity contribution in [1.29, 1.82) is 0 Å². The molecule has 0 spiro atoms. The topological polar surface area (TPSA) is 58.6 Å².